The van der Waals surface area contributed by atoms with Gasteiger partial charge in [0.2, 0.25) is 0 Å². The van der Waals surface area contributed by atoms with Gasteiger partial charge in [0.05, 0.1) is 49.4 Å². The van der Waals surface area contributed by atoms with Gasteiger partial charge in [0.25, 0.3) is 5.56 Å². The normalized spacial score (nSPS) is 10.9. The lowest BCUT2D eigenvalue weighted by atomic mass is 10.1. The van der Waals surface area contributed by atoms with Crippen LogP contribution in [0.5, 0.6) is 11.5 Å². The van der Waals surface area contributed by atoms with Gasteiger partial charge in [-0.1, -0.05) is 12.1 Å². The van der Waals surface area contributed by atoms with Gasteiger partial charge in [-0.3, -0.25) is 14.5 Å². The molecule has 0 aliphatic heterocycles. The Balaban J connectivity index is 1.68. The first-order chi connectivity index (χ1) is 13.2. The molecule has 0 bridgehead atoms. The Morgan fingerprint density at radius 2 is 1.93 bits per heavy atom. The van der Waals surface area contributed by atoms with Crippen molar-refractivity contribution in [2.45, 2.75) is 6.54 Å². The summed E-state index contributed by atoms with van der Waals surface area (Å²) < 4.78 is 12.1. The number of methoxy groups -OCH3 is 2. The molecule has 0 atom stereocenters. The topological polar surface area (TPSA) is 82.0 Å². The van der Waals surface area contributed by atoms with Crippen molar-refractivity contribution in [3.63, 3.8) is 0 Å². The zero-order valence-electron chi connectivity index (χ0n) is 15.0. The summed E-state index contributed by atoms with van der Waals surface area (Å²) in [7, 11) is 3.20. The van der Waals surface area contributed by atoms with Crippen LogP contribution >= 0.6 is 0 Å². The SMILES string of the molecule is COc1ccc2ncn(Cc3cc(-c4ccccc4OC)[nH]n3)c(=O)c2c1. The van der Waals surface area contributed by atoms with Crippen LogP contribution < -0.4 is 15.0 Å². The highest BCUT2D eigenvalue weighted by Gasteiger charge is 2.11. The number of rotatable bonds is 5. The van der Waals surface area contributed by atoms with Crippen molar-refractivity contribution in [2.24, 2.45) is 0 Å². The van der Waals surface area contributed by atoms with Gasteiger partial charge in [-0.2, -0.15) is 5.10 Å². The lowest BCUT2D eigenvalue weighted by molar-refractivity contribution is 0.415. The zero-order valence-corrected chi connectivity index (χ0v) is 15.0. The van der Waals surface area contributed by atoms with Gasteiger partial charge in [-0.05, 0) is 36.4 Å². The van der Waals surface area contributed by atoms with Crippen LogP contribution in [0, 0.1) is 0 Å². The maximum Gasteiger partial charge on any atom is 0.261 e. The quantitative estimate of drug-likeness (QED) is 0.590. The fourth-order valence-electron chi connectivity index (χ4n) is 3.00. The Bertz CT molecular complexity index is 1160. The molecule has 136 valence electrons. The average Bonchev–Trinajstić information content (AvgIpc) is 3.18. The minimum atomic E-state index is -0.138. The third-order valence-electron chi connectivity index (χ3n) is 4.39. The van der Waals surface area contributed by atoms with E-state index in [9.17, 15) is 4.79 Å². The van der Waals surface area contributed by atoms with E-state index in [-0.39, 0.29) is 5.56 Å². The number of H-pyrrole nitrogens is 1. The number of aromatic nitrogens is 4. The Morgan fingerprint density at radius 3 is 2.74 bits per heavy atom. The van der Waals surface area contributed by atoms with Gasteiger partial charge in [0.1, 0.15) is 11.5 Å². The fraction of sp³-hybridized carbons (Fsp3) is 0.150. The summed E-state index contributed by atoms with van der Waals surface area (Å²) in [5.41, 5.74) is 2.95. The number of nitrogens with zero attached hydrogens (tertiary/aromatic N) is 3. The number of ether oxygens (including phenoxy) is 2. The van der Waals surface area contributed by atoms with E-state index in [1.807, 2.05) is 30.3 Å². The highest BCUT2D eigenvalue weighted by atomic mass is 16.5. The molecule has 27 heavy (non-hydrogen) atoms. The van der Waals surface area contributed by atoms with E-state index in [0.29, 0.717) is 23.2 Å². The monoisotopic (exact) mass is 362 g/mol. The lowest BCUT2D eigenvalue weighted by Gasteiger charge is -2.06. The average molecular weight is 362 g/mol. The Kier molecular flexibility index (Phi) is 4.33. The molecule has 7 nitrogen and oxygen atoms in total. The second-order valence-corrected chi connectivity index (χ2v) is 6.03. The first kappa shape index (κ1) is 16.8. The van der Waals surface area contributed by atoms with Crippen molar-refractivity contribution in [2.75, 3.05) is 14.2 Å². The molecule has 0 aliphatic rings. The van der Waals surface area contributed by atoms with Crippen LogP contribution in [0.4, 0.5) is 0 Å². The summed E-state index contributed by atoms with van der Waals surface area (Å²) in [5.74, 6) is 1.38. The predicted octanol–water partition coefficient (Wildman–Crippen LogP) is 2.85. The number of benzene rings is 2. The maximum absolute atomic E-state index is 12.8. The molecule has 7 heteroatoms. The number of hydrogen-bond donors (Lipinski definition) is 1. The minimum absolute atomic E-state index is 0.138. The van der Waals surface area contributed by atoms with E-state index in [1.54, 1.807) is 32.4 Å². The maximum atomic E-state index is 12.8. The van der Waals surface area contributed by atoms with Crippen LogP contribution in [0.2, 0.25) is 0 Å². The Hall–Kier alpha value is -3.61. The predicted molar refractivity (Wildman–Crippen MR) is 102 cm³/mol. The van der Waals surface area contributed by atoms with Gasteiger partial charge >= 0.3 is 0 Å². The van der Waals surface area contributed by atoms with Gasteiger partial charge in [0.15, 0.2) is 0 Å². The molecule has 0 saturated heterocycles. The highest BCUT2D eigenvalue weighted by molar-refractivity contribution is 5.79. The van der Waals surface area contributed by atoms with Crippen molar-refractivity contribution >= 4 is 10.9 Å². The smallest absolute Gasteiger partial charge is 0.261 e. The van der Waals surface area contributed by atoms with E-state index >= 15 is 0 Å². The third-order valence-corrected chi connectivity index (χ3v) is 4.39. The fourth-order valence-corrected chi connectivity index (χ4v) is 3.00. The summed E-state index contributed by atoms with van der Waals surface area (Å²) in [6.45, 7) is 0.310. The number of hydrogen-bond acceptors (Lipinski definition) is 5. The highest BCUT2D eigenvalue weighted by Crippen LogP contribution is 2.28. The molecule has 0 aliphatic carbocycles. The molecule has 2 aromatic carbocycles. The van der Waals surface area contributed by atoms with E-state index < -0.39 is 0 Å². The zero-order chi connectivity index (χ0) is 18.8. The molecule has 0 amide bonds. The van der Waals surface area contributed by atoms with Crippen molar-refractivity contribution in [1.82, 2.24) is 19.7 Å². The minimum Gasteiger partial charge on any atom is -0.497 e. The van der Waals surface area contributed by atoms with E-state index in [1.165, 1.54) is 10.9 Å². The van der Waals surface area contributed by atoms with Crippen LogP contribution in [-0.4, -0.2) is 34.0 Å². The molecule has 1 N–H and O–H groups in total. The molecule has 0 fully saturated rings. The van der Waals surface area contributed by atoms with E-state index in [2.05, 4.69) is 15.2 Å². The molecule has 0 spiro atoms. The van der Waals surface area contributed by atoms with Gasteiger partial charge < -0.3 is 9.47 Å². The first-order valence-electron chi connectivity index (χ1n) is 8.40. The summed E-state index contributed by atoms with van der Waals surface area (Å²) in [6, 6.07) is 14.8. The summed E-state index contributed by atoms with van der Waals surface area (Å²) in [5, 5.41) is 7.84. The second-order valence-electron chi connectivity index (χ2n) is 6.03. The number of aromatic amines is 1. The second kappa shape index (κ2) is 6.95. The lowest BCUT2D eigenvalue weighted by Crippen LogP contribution is -2.21. The molecule has 4 rings (SSSR count). The number of nitrogens with one attached hydrogen (secondary N) is 1. The Labute approximate surface area is 155 Å². The van der Waals surface area contributed by atoms with Gasteiger partial charge in [0, 0.05) is 5.56 Å². The van der Waals surface area contributed by atoms with Crippen molar-refractivity contribution in [3.8, 4) is 22.8 Å². The van der Waals surface area contributed by atoms with Crippen LogP contribution in [0.1, 0.15) is 5.69 Å². The van der Waals surface area contributed by atoms with Crippen molar-refractivity contribution in [1.29, 1.82) is 0 Å². The molecule has 2 heterocycles. The molecule has 0 unspecified atom stereocenters. The molecule has 0 radical (unpaired) electrons. The van der Waals surface area contributed by atoms with Gasteiger partial charge in [-0.15, -0.1) is 0 Å². The van der Waals surface area contributed by atoms with Crippen molar-refractivity contribution < 1.29 is 9.47 Å². The molecule has 2 aromatic heterocycles. The summed E-state index contributed by atoms with van der Waals surface area (Å²) >= 11 is 0. The largest absolute Gasteiger partial charge is 0.497 e. The third kappa shape index (κ3) is 3.15. The molecule has 4 aromatic rings. The van der Waals surface area contributed by atoms with Crippen LogP contribution in [0.15, 0.2) is 59.7 Å². The standard InChI is InChI=1S/C20H18N4O3/c1-26-14-7-8-17-16(10-14)20(25)24(12-21-17)11-13-9-18(23-22-13)15-5-3-4-6-19(15)27-2/h3-10,12H,11H2,1-2H3,(H,22,23). The van der Waals surface area contributed by atoms with Crippen LogP contribution in [0.25, 0.3) is 22.2 Å². The molecule has 0 saturated carbocycles. The molecular weight excluding hydrogens is 344 g/mol. The first-order valence-corrected chi connectivity index (χ1v) is 8.40. The summed E-state index contributed by atoms with van der Waals surface area (Å²) in [4.78, 5) is 17.1. The summed E-state index contributed by atoms with van der Waals surface area (Å²) in [6.07, 6.45) is 1.54. The Morgan fingerprint density at radius 1 is 1.07 bits per heavy atom. The van der Waals surface area contributed by atoms with Crippen LogP contribution in [-0.2, 0) is 6.54 Å². The molecular formula is C20H18N4O3. The van der Waals surface area contributed by atoms with Crippen molar-refractivity contribution in [3.05, 3.63) is 70.9 Å². The van der Waals surface area contributed by atoms with E-state index in [0.717, 1.165) is 22.7 Å². The number of fused-ring (bicyclic) bond motifs is 1. The van der Waals surface area contributed by atoms with Crippen LogP contribution in [0.3, 0.4) is 0 Å². The van der Waals surface area contributed by atoms with E-state index in [4.69, 9.17) is 9.47 Å². The van der Waals surface area contributed by atoms with Gasteiger partial charge in [-0.25, -0.2) is 4.98 Å². The number of para-hydroxylation sites is 1.